The molecule has 0 bridgehead atoms. The van der Waals surface area contributed by atoms with Crippen molar-refractivity contribution in [2.24, 2.45) is 5.92 Å². The summed E-state index contributed by atoms with van der Waals surface area (Å²) in [6.07, 6.45) is 13.2. The standard InChI is InChI=1S/C16H31NO/c1-3-11-17-16-8-6-4-5-7-14(16)12-15-10-9-13(2)18-15/h13-17H,3-12H2,1-2H3. The molecule has 1 aliphatic heterocycles. The van der Waals surface area contributed by atoms with Crippen molar-refractivity contribution < 1.29 is 4.74 Å². The highest BCUT2D eigenvalue weighted by molar-refractivity contribution is 4.83. The minimum Gasteiger partial charge on any atom is -0.375 e. The quantitative estimate of drug-likeness (QED) is 0.750. The SMILES string of the molecule is CCCNC1CCCCCC1CC1CCC(C)O1. The molecule has 1 aliphatic carbocycles. The summed E-state index contributed by atoms with van der Waals surface area (Å²) in [5.41, 5.74) is 0. The average molecular weight is 253 g/mol. The molecule has 0 spiro atoms. The molecule has 0 amide bonds. The zero-order chi connectivity index (χ0) is 12.8. The summed E-state index contributed by atoms with van der Waals surface area (Å²) in [6, 6.07) is 0.756. The van der Waals surface area contributed by atoms with Gasteiger partial charge in [0.15, 0.2) is 0 Å². The average Bonchev–Trinajstić information content (AvgIpc) is 2.64. The molecule has 2 fully saturated rings. The molecule has 0 radical (unpaired) electrons. The lowest BCUT2D eigenvalue weighted by Crippen LogP contribution is -2.37. The van der Waals surface area contributed by atoms with Gasteiger partial charge in [0, 0.05) is 6.04 Å². The molecule has 0 aromatic rings. The van der Waals surface area contributed by atoms with E-state index in [2.05, 4.69) is 19.2 Å². The van der Waals surface area contributed by atoms with Crippen LogP contribution in [-0.2, 0) is 4.74 Å². The molecular weight excluding hydrogens is 222 g/mol. The third-order valence-electron chi connectivity index (χ3n) is 4.70. The van der Waals surface area contributed by atoms with E-state index in [4.69, 9.17) is 4.74 Å². The third kappa shape index (κ3) is 4.24. The number of hydrogen-bond acceptors (Lipinski definition) is 2. The van der Waals surface area contributed by atoms with Crippen molar-refractivity contribution in [2.45, 2.75) is 89.9 Å². The summed E-state index contributed by atoms with van der Waals surface area (Å²) in [5, 5.41) is 3.79. The van der Waals surface area contributed by atoms with E-state index in [1.165, 1.54) is 64.3 Å². The van der Waals surface area contributed by atoms with Crippen LogP contribution >= 0.6 is 0 Å². The molecule has 2 nitrogen and oxygen atoms in total. The van der Waals surface area contributed by atoms with Gasteiger partial charge >= 0.3 is 0 Å². The van der Waals surface area contributed by atoms with Crippen LogP contribution in [0.3, 0.4) is 0 Å². The van der Waals surface area contributed by atoms with E-state index < -0.39 is 0 Å². The second-order valence-electron chi connectivity index (χ2n) is 6.34. The first-order chi connectivity index (χ1) is 8.79. The third-order valence-corrected chi connectivity index (χ3v) is 4.70. The Balaban J connectivity index is 1.84. The van der Waals surface area contributed by atoms with Gasteiger partial charge in [0.25, 0.3) is 0 Å². The molecular formula is C16H31NO. The number of ether oxygens (including phenoxy) is 1. The lowest BCUT2D eigenvalue weighted by atomic mass is 9.88. The Labute approximate surface area is 113 Å². The van der Waals surface area contributed by atoms with Crippen LogP contribution in [0.25, 0.3) is 0 Å². The molecule has 1 heterocycles. The van der Waals surface area contributed by atoms with E-state index in [1.807, 2.05) is 0 Å². The summed E-state index contributed by atoms with van der Waals surface area (Å²) < 4.78 is 6.03. The normalized spacial score (nSPS) is 37.7. The van der Waals surface area contributed by atoms with Crippen LogP contribution in [-0.4, -0.2) is 24.8 Å². The van der Waals surface area contributed by atoms with Crippen LogP contribution in [0.1, 0.15) is 71.6 Å². The van der Waals surface area contributed by atoms with E-state index >= 15 is 0 Å². The van der Waals surface area contributed by atoms with Crippen LogP contribution in [0.4, 0.5) is 0 Å². The van der Waals surface area contributed by atoms with E-state index in [9.17, 15) is 0 Å². The molecule has 0 aromatic carbocycles. The molecule has 106 valence electrons. The van der Waals surface area contributed by atoms with Gasteiger partial charge in [0.1, 0.15) is 0 Å². The molecule has 0 aromatic heterocycles. The maximum Gasteiger partial charge on any atom is 0.0583 e. The molecule has 2 heteroatoms. The predicted molar refractivity (Wildman–Crippen MR) is 76.8 cm³/mol. The Kier molecular flexibility index (Phi) is 5.97. The highest BCUT2D eigenvalue weighted by atomic mass is 16.5. The molecule has 2 aliphatic rings. The highest BCUT2D eigenvalue weighted by Gasteiger charge is 2.29. The Hall–Kier alpha value is -0.0800. The van der Waals surface area contributed by atoms with Gasteiger partial charge in [-0.15, -0.1) is 0 Å². The first-order valence-corrected chi connectivity index (χ1v) is 8.18. The van der Waals surface area contributed by atoms with Crippen molar-refractivity contribution in [3.8, 4) is 0 Å². The Bertz CT molecular complexity index is 231. The fraction of sp³-hybridized carbons (Fsp3) is 1.00. The van der Waals surface area contributed by atoms with Crippen LogP contribution < -0.4 is 5.32 Å². The van der Waals surface area contributed by atoms with Crippen LogP contribution in [0.15, 0.2) is 0 Å². The first-order valence-electron chi connectivity index (χ1n) is 8.18. The lowest BCUT2D eigenvalue weighted by Gasteiger charge is -2.28. The summed E-state index contributed by atoms with van der Waals surface area (Å²) in [5.74, 6) is 0.856. The fourth-order valence-electron chi connectivity index (χ4n) is 3.66. The van der Waals surface area contributed by atoms with Crippen LogP contribution in [0.5, 0.6) is 0 Å². The molecule has 4 atom stereocenters. The fourth-order valence-corrected chi connectivity index (χ4v) is 3.66. The minimum atomic E-state index is 0.503. The van der Waals surface area contributed by atoms with Crippen molar-refractivity contribution >= 4 is 0 Å². The Morgan fingerprint density at radius 1 is 1.06 bits per heavy atom. The summed E-state index contributed by atoms with van der Waals surface area (Å²) in [6.45, 7) is 5.67. The number of rotatable bonds is 5. The van der Waals surface area contributed by atoms with Gasteiger partial charge in [-0.2, -0.15) is 0 Å². The second-order valence-corrected chi connectivity index (χ2v) is 6.34. The molecule has 1 saturated heterocycles. The van der Waals surface area contributed by atoms with Gasteiger partial charge in [-0.25, -0.2) is 0 Å². The number of nitrogens with one attached hydrogen (secondary N) is 1. The highest BCUT2D eigenvalue weighted by Crippen LogP contribution is 2.32. The molecule has 1 N–H and O–H groups in total. The summed E-state index contributed by atoms with van der Waals surface area (Å²) in [7, 11) is 0. The lowest BCUT2D eigenvalue weighted by molar-refractivity contribution is 0.0359. The topological polar surface area (TPSA) is 21.3 Å². The van der Waals surface area contributed by atoms with E-state index in [0.717, 1.165) is 12.0 Å². The second kappa shape index (κ2) is 7.49. The smallest absolute Gasteiger partial charge is 0.0583 e. The maximum absolute atomic E-state index is 6.03. The van der Waals surface area contributed by atoms with E-state index in [1.54, 1.807) is 0 Å². The first kappa shape index (κ1) is 14.3. The van der Waals surface area contributed by atoms with Gasteiger partial charge in [-0.3, -0.25) is 0 Å². The number of hydrogen-bond donors (Lipinski definition) is 1. The van der Waals surface area contributed by atoms with Crippen molar-refractivity contribution in [1.29, 1.82) is 0 Å². The Morgan fingerprint density at radius 2 is 1.89 bits per heavy atom. The predicted octanol–water partition coefficient (Wildman–Crippen LogP) is 3.89. The van der Waals surface area contributed by atoms with Crippen molar-refractivity contribution in [2.75, 3.05) is 6.54 Å². The van der Waals surface area contributed by atoms with Crippen molar-refractivity contribution in [3.63, 3.8) is 0 Å². The Morgan fingerprint density at radius 3 is 2.61 bits per heavy atom. The molecule has 4 unspecified atom stereocenters. The van der Waals surface area contributed by atoms with Gasteiger partial charge in [-0.05, 0) is 57.9 Å². The van der Waals surface area contributed by atoms with Gasteiger partial charge in [0.05, 0.1) is 12.2 Å². The van der Waals surface area contributed by atoms with Crippen LogP contribution in [0.2, 0.25) is 0 Å². The molecule has 18 heavy (non-hydrogen) atoms. The van der Waals surface area contributed by atoms with Crippen molar-refractivity contribution in [3.05, 3.63) is 0 Å². The van der Waals surface area contributed by atoms with Gasteiger partial charge in [0.2, 0.25) is 0 Å². The van der Waals surface area contributed by atoms with E-state index in [0.29, 0.717) is 12.2 Å². The summed E-state index contributed by atoms with van der Waals surface area (Å²) in [4.78, 5) is 0. The zero-order valence-electron chi connectivity index (χ0n) is 12.3. The zero-order valence-corrected chi connectivity index (χ0v) is 12.3. The monoisotopic (exact) mass is 253 g/mol. The summed E-state index contributed by atoms with van der Waals surface area (Å²) >= 11 is 0. The van der Waals surface area contributed by atoms with Crippen LogP contribution in [0, 0.1) is 5.92 Å². The van der Waals surface area contributed by atoms with Gasteiger partial charge < -0.3 is 10.1 Å². The molecule has 1 saturated carbocycles. The minimum absolute atomic E-state index is 0.503. The van der Waals surface area contributed by atoms with Gasteiger partial charge in [-0.1, -0.05) is 26.2 Å². The van der Waals surface area contributed by atoms with E-state index in [-0.39, 0.29) is 0 Å². The largest absolute Gasteiger partial charge is 0.375 e. The van der Waals surface area contributed by atoms with Crippen molar-refractivity contribution in [1.82, 2.24) is 5.32 Å². The molecule has 2 rings (SSSR count). The maximum atomic E-state index is 6.03.